The van der Waals surface area contributed by atoms with Crippen LogP contribution in [0.15, 0.2) is 18.2 Å². The predicted octanol–water partition coefficient (Wildman–Crippen LogP) is 3.22. The molecule has 1 N–H and O–H groups in total. The van der Waals surface area contributed by atoms with Crippen LogP contribution in [-0.4, -0.2) is 20.3 Å². The Balaban J connectivity index is 2.39. The van der Waals surface area contributed by atoms with E-state index in [1.807, 2.05) is 19.2 Å². The Labute approximate surface area is 106 Å². The summed E-state index contributed by atoms with van der Waals surface area (Å²) in [5, 5.41) is 4.79. The molecule has 0 atom stereocenters. The van der Waals surface area contributed by atoms with Gasteiger partial charge in [-0.2, -0.15) is 0 Å². The van der Waals surface area contributed by atoms with E-state index in [1.54, 1.807) is 6.07 Å². The summed E-state index contributed by atoms with van der Waals surface area (Å²) in [6, 6.07) is 5.69. The van der Waals surface area contributed by atoms with Gasteiger partial charge >= 0.3 is 0 Å². The molecule has 0 radical (unpaired) electrons. The van der Waals surface area contributed by atoms with Crippen molar-refractivity contribution in [3.63, 3.8) is 0 Å². The van der Waals surface area contributed by atoms with Crippen LogP contribution < -0.4 is 5.32 Å². The van der Waals surface area contributed by atoms with Crippen molar-refractivity contribution in [1.82, 2.24) is 5.32 Å². The molecule has 0 spiro atoms. The average molecular weight is 260 g/mol. The highest BCUT2D eigenvalue weighted by molar-refractivity contribution is 6.35. The monoisotopic (exact) mass is 259 g/mol. The summed E-state index contributed by atoms with van der Waals surface area (Å²) in [6.07, 6.45) is 1.87. The zero-order valence-electron chi connectivity index (χ0n) is 9.22. The number of ether oxygens (including phenoxy) is 1. The Hall–Kier alpha value is -0.280. The van der Waals surface area contributed by atoms with Crippen molar-refractivity contribution in [2.75, 3.05) is 20.3 Å². The van der Waals surface area contributed by atoms with Gasteiger partial charge in [-0.1, -0.05) is 29.3 Å². The van der Waals surface area contributed by atoms with Gasteiger partial charge in [-0.15, -0.1) is 0 Å². The molecule has 1 saturated heterocycles. The van der Waals surface area contributed by atoms with Crippen LogP contribution in [0.4, 0.5) is 0 Å². The van der Waals surface area contributed by atoms with Crippen LogP contribution in [0.3, 0.4) is 0 Å². The largest absolute Gasteiger partial charge is 0.381 e. The van der Waals surface area contributed by atoms with E-state index in [0.717, 1.165) is 36.6 Å². The van der Waals surface area contributed by atoms with E-state index in [4.69, 9.17) is 27.9 Å². The Morgan fingerprint density at radius 1 is 1.25 bits per heavy atom. The van der Waals surface area contributed by atoms with Gasteiger partial charge in [-0.25, -0.2) is 0 Å². The van der Waals surface area contributed by atoms with E-state index in [9.17, 15) is 0 Å². The highest BCUT2D eigenvalue weighted by Gasteiger charge is 2.34. The molecule has 4 heteroatoms. The second kappa shape index (κ2) is 4.92. The third kappa shape index (κ3) is 2.21. The van der Waals surface area contributed by atoms with Gasteiger partial charge in [-0.3, -0.25) is 0 Å². The Morgan fingerprint density at radius 2 is 1.94 bits per heavy atom. The third-order valence-electron chi connectivity index (χ3n) is 3.27. The van der Waals surface area contributed by atoms with Crippen molar-refractivity contribution in [3.05, 3.63) is 33.8 Å². The molecule has 88 valence electrons. The normalized spacial score (nSPS) is 19.7. The van der Waals surface area contributed by atoms with E-state index in [-0.39, 0.29) is 5.54 Å². The smallest absolute Gasteiger partial charge is 0.0491 e. The molecule has 0 aromatic heterocycles. The van der Waals surface area contributed by atoms with Crippen LogP contribution in [0.2, 0.25) is 10.0 Å². The maximum Gasteiger partial charge on any atom is 0.0491 e. The van der Waals surface area contributed by atoms with E-state index in [2.05, 4.69) is 5.32 Å². The second-order valence-corrected chi connectivity index (χ2v) is 4.91. The molecule has 0 bridgehead atoms. The molecule has 16 heavy (non-hydrogen) atoms. The lowest BCUT2D eigenvalue weighted by atomic mass is 9.83. The minimum absolute atomic E-state index is 0.0695. The maximum atomic E-state index is 6.27. The van der Waals surface area contributed by atoms with Gasteiger partial charge in [0.15, 0.2) is 0 Å². The van der Waals surface area contributed by atoms with E-state index in [0.29, 0.717) is 5.02 Å². The van der Waals surface area contributed by atoms with Crippen molar-refractivity contribution in [1.29, 1.82) is 0 Å². The van der Waals surface area contributed by atoms with Crippen LogP contribution in [0.1, 0.15) is 18.4 Å². The summed E-state index contributed by atoms with van der Waals surface area (Å²) in [5.41, 5.74) is 1.05. The van der Waals surface area contributed by atoms with Crippen LogP contribution in [-0.2, 0) is 10.3 Å². The summed E-state index contributed by atoms with van der Waals surface area (Å²) in [7, 11) is 1.97. The lowest BCUT2D eigenvalue weighted by Gasteiger charge is -2.38. The lowest BCUT2D eigenvalue weighted by molar-refractivity contribution is 0.0399. The molecule has 1 fully saturated rings. The highest BCUT2D eigenvalue weighted by atomic mass is 35.5. The first kappa shape index (κ1) is 12.2. The fraction of sp³-hybridized carbons (Fsp3) is 0.500. The zero-order valence-corrected chi connectivity index (χ0v) is 10.7. The fourth-order valence-electron chi connectivity index (χ4n) is 2.25. The predicted molar refractivity (Wildman–Crippen MR) is 67.3 cm³/mol. The number of nitrogens with one attached hydrogen (secondary N) is 1. The van der Waals surface area contributed by atoms with Gasteiger partial charge in [0.05, 0.1) is 0 Å². The standard InChI is InChI=1S/C12H15Cl2NO/c1-15-12(4-6-16-7-5-12)10-3-2-9(13)8-11(10)14/h2-3,8,15H,4-7H2,1H3. The summed E-state index contributed by atoms with van der Waals surface area (Å²) in [5.74, 6) is 0. The van der Waals surface area contributed by atoms with Crippen LogP contribution in [0.5, 0.6) is 0 Å². The van der Waals surface area contributed by atoms with Crippen LogP contribution >= 0.6 is 23.2 Å². The molecular weight excluding hydrogens is 245 g/mol. The van der Waals surface area contributed by atoms with E-state index < -0.39 is 0 Å². The number of hydrogen-bond donors (Lipinski definition) is 1. The molecule has 1 aliphatic heterocycles. The first-order valence-electron chi connectivity index (χ1n) is 5.40. The molecular formula is C12H15Cl2NO. The second-order valence-electron chi connectivity index (χ2n) is 4.07. The van der Waals surface area contributed by atoms with Gasteiger partial charge in [-0.05, 0) is 37.6 Å². The van der Waals surface area contributed by atoms with Crippen molar-refractivity contribution < 1.29 is 4.74 Å². The van der Waals surface area contributed by atoms with Gasteiger partial charge in [0.1, 0.15) is 0 Å². The van der Waals surface area contributed by atoms with E-state index in [1.165, 1.54) is 0 Å². The van der Waals surface area contributed by atoms with Crippen molar-refractivity contribution >= 4 is 23.2 Å². The SMILES string of the molecule is CNC1(c2ccc(Cl)cc2Cl)CCOCC1. The minimum atomic E-state index is -0.0695. The fourth-order valence-corrected chi connectivity index (χ4v) is 2.84. The molecule has 1 aromatic rings. The van der Waals surface area contributed by atoms with Crippen molar-refractivity contribution in [2.45, 2.75) is 18.4 Å². The topological polar surface area (TPSA) is 21.3 Å². The zero-order chi connectivity index (χ0) is 11.6. The number of benzene rings is 1. The first-order chi connectivity index (χ1) is 7.68. The highest BCUT2D eigenvalue weighted by Crippen LogP contribution is 2.37. The summed E-state index contributed by atoms with van der Waals surface area (Å²) < 4.78 is 5.40. The Kier molecular flexibility index (Phi) is 3.75. The molecule has 2 nitrogen and oxygen atoms in total. The summed E-state index contributed by atoms with van der Waals surface area (Å²) in [4.78, 5) is 0. The first-order valence-corrected chi connectivity index (χ1v) is 6.16. The van der Waals surface area contributed by atoms with Gasteiger partial charge in [0.2, 0.25) is 0 Å². The van der Waals surface area contributed by atoms with Gasteiger partial charge in [0, 0.05) is 28.8 Å². The van der Waals surface area contributed by atoms with Crippen LogP contribution in [0.25, 0.3) is 0 Å². The van der Waals surface area contributed by atoms with E-state index >= 15 is 0 Å². The third-order valence-corrected chi connectivity index (χ3v) is 3.82. The quantitative estimate of drug-likeness (QED) is 0.881. The molecule has 1 heterocycles. The molecule has 0 saturated carbocycles. The molecule has 0 unspecified atom stereocenters. The molecule has 1 aliphatic rings. The van der Waals surface area contributed by atoms with Crippen molar-refractivity contribution in [3.8, 4) is 0 Å². The Morgan fingerprint density at radius 3 is 2.50 bits per heavy atom. The van der Waals surface area contributed by atoms with Gasteiger partial charge in [0.25, 0.3) is 0 Å². The molecule has 2 rings (SSSR count). The van der Waals surface area contributed by atoms with Crippen molar-refractivity contribution in [2.24, 2.45) is 0 Å². The number of rotatable bonds is 2. The van der Waals surface area contributed by atoms with Crippen LogP contribution in [0, 0.1) is 0 Å². The molecule has 0 amide bonds. The number of hydrogen-bond acceptors (Lipinski definition) is 2. The number of halogens is 2. The molecule has 1 aromatic carbocycles. The minimum Gasteiger partial charge on any atom is -0.381 e. The van der Waals surface area contributed by atoms with Gasteiger partial charge < -0.3 is 10.1 Å². The summed E-state index contributed by atoms with van der Waals surface area (Å²) in [6.45, 7) is 1.53. The average Bonchev–Trinajstić information content (AvgIpc) is 2.30. The Bertz CT molecular complexity index is 375. The molecule has 0 aliphatic carbocycles. The maximum absolute atomic E-state index is 6.27. The summed E-state index contributed by atoms with van der Waals surface area (Å²) >= 11 is 12.2. The lowest BCUT2D eigenvalue weighted by Crippen LogP contribution is -2.44.